The van der Waals surface area contributed by atoms with Crippen LogP contribution in [-0.2, 0) is 10.4 Å². The van der Waals surface area contributed by atoms with E-state index in [9.17, 15) is 9.90 Å². The molecule has 0 spiro atoms. The molecule has 1 aromatic carbocycles. The molecule has 0 heterocycles. The van der Waals surface area contributed by atoms with Crippen LogP contribution >= 0.6 is 23.4 Å². The van der Waals surface area contributed by atoms with Crippen LogP contribution in [0.3, 0.4) is 0 Å². The SMILES string of the molecule is CC(C)(C)SC(=O)C[C@@](C)(O)c1ccc(Cl)cc1. The first kappa shape index (κ1) is 15.5. The number of rotatable bonds is 3. The third kappa shape index (κ3) is 5.01. The van der Waals surface area contributed by atoms with Gasteiger partial charge < -0.3 is 5.11 Å². The zero-order chi connectivity index (χ0) is 14.0. The molecule has 18 heavy (non-hydrogen) atoms. The summed E-state index contributed by atoms with van der Waals surface area (Å²) in [7, 11) is 0. The van der Waals surface area contributed by atoms with Gasteiger partial charge in [0.2, 0.25) is 0 Å². The van der Waals surface area contributed by atoms with E-state index >= 15 is 0 Å². The van der Waals surface area contributed by atoms with E-state index in [1.807, 2.05) is 20.8 Å². The predicted molar refractivity (Wildman–Crippen MR) is 78.0 cm³/mol. The maximum absolute atomic E-state index is 11.9. The molecule has 0 bridgehead atoms. The van der Waals surface area contributed by atoms with Crippen LogP contribution in [0.25, 0.3) is 0 Å². The van der Waals surface area contributed by atoms with Crippen LogP contribution in [0.4, 0.5) is 0 Å². The highest BCUT2D eigenvalue weighted by molar-refractivity contribution is 8.14. The van der Waals surface area contributed by atoms with Gasteiger partial charge in [-0.3, -0.25) is 4.79 Å². The fourth-order valence-corrected chi connectivity index (χ4v) is 2.73. The van der Waals surface area contributed by atoms with Gasteiger partial charge in [-0.1, -0.05) is 56.3 Å². The Morgan fingerprint density at radius 3 is 2.17 bits per heavy atom. The molecule has 100 valence electrons. The fraction of sp³-hybridized carbons (Fsp3) is 0.500. The van der Waals surface area contributed by atoms with Gasteiger partial charge in [0.1, 0.15) is 0 Å². The molecule has 0 aliphatic carbocycles. The van der Waals surface area contributed by atoms with Gasteiger partial charge in [-0.25, -0.2) is 0 Å². The van der Waals surface area contributed by atoms with Gasteiger partial charge in [-0.15, -0.1) is 0 Å². The molecule has 1 atom stereocenters. The Bertz CT molecular complexity index is 418. The summed E-state index contributed by atoms with van der Waals surface area (Å²) in [5.74, 6) is 0. The van der Waals surface area contributed by atoms with Crippen LogP contribution in [0.2, 0.25) is 5.02 Å². The van der Waals surface area contributed by atoms with E-state index in [1.54, 1.807) is 31.2 Å². The van der Waals surface area contributed by atoms with Gasteiger partial charge in [-0.2, -0.15) is 0 Å². The van der Waals surface area contributed by atoms with Gasteiger partial charge in [0.05, 0.1) is 5.60 Å². The first-order chi connectivity index (χ1) is 8.10. The summed E-state index contributed by atoms with van der Waals surface area (Å²) in [5.41, 5.74) is -0.449. The summed E-state index contributed by atoms with van der Waals surface area (Å²) < 4.78 is -0.132. The number of thioether (sulfide) groups is 1. The minimum atomic E-state index is -1.15. The van der Waals surface area contributed by atoms with Crippen LogP contribution in [0, 0.1) is 0 Å². The first-order valence-electron chi connectivity index (χ1n) is 5.80. The highest BCUT2D eigenvalue weighted by atomic mass is 35.5. The molecule has 1 rings (SSSR count). The van der Waals surface area contributed by atoms with Crippen molar-refractivity contribution in [2.75, 3.05) is 0 Å². The van der Waals surface area contributed by atoms with Gasteiger partial charge in [0.15, 0.2) is 5.12 Å². The van der Waals surface area contributed by atoms with Crippen LogP contribution in [-0.4, -0.2) is 15.0 Å². The molecule has 0 saturated heterocycles. The van der Waals surface area contributed by atoms with Gasteiger partial charge >= 0.3 is 0 Å². The molecule has 0 saturated carbocycles. The molecule has 0 aliphatic heterocycles. The Hall–Kier alpha value is -0.510. The zero-order valence-electron chi connectivity index (χ0n) is 11.2. The maximum atomic E-state index is 11.9. The van der Waals surface area contributed by atoms with Crippen LogP contribution < -0.4 is 0 Å². The highest BCUT2D eigenvalue weighted by Gasteiger charge is 2.28. The van der Waals surface area contributed by atoms with Crippen molar-refractivity contribution in [3.05, 3.63) is 34.9 Å². The molecule has 0 radical (unpaired) electrons. The largest absolute Gasteiger partial charge is 0.385 e. The van der Waals surface area contributed by atoms with E-state index < -0.39 is 5.60 Å². The molecule has 4 heteroatoms. The molecule has 0 unspecified atom stereocenters. The summed E-state index contributed by atoms with van der Waals surface area (Å²) in [6.45, 7) is 7.59. The van der Waals surface area contributed by atoms with Gasteiger partial charge in [0.25, 0.3) is 0 Å². The Kier molecular flexibility index (Phi) is 4.87. The first-order valence-corrected chi connectivity index (χ1v) is 7.00. The fourth-order valence-electron chi connectivity index (χ4n) is 1.57. The van der Waals surface area contributed by atoms with Crippen molar-refractivity contribution in [3.63, 3.8) is 0 Å². The molecular formula is C14H19ClO2S. The normalized spacial score (nSPS) is 15.2. The second-order valence-corrected chi connectivity index (χ2v) is 7.86. The molecule has 0 amide bonds. The number of aliphatic hydroxyl groups is 1. The summed E-state index contributed by atoms with van der Waals surface area (Å²) >= 11 is 7.06. The van der Waals surface area contributed by atoms with Crippen LogP contribution in [0.5, 0.6) is 0 Å². The predicted octanol–water partition coefficient (Wildman–Crippen LogP) is 4.00. The lowest BCUT2D eigenvalue weighted by Crippen LogP contribution is -2.25. The van der Waals surface area contributed by atoms with Crippen molar-refractivity contribution in [1.29, 1.82) is 0 Å². The lowest BCUT2D eigenvalue weighted by molar-refractivity contribution is -0.115. The van der Waals surface area contributed by atoms with Crippen molar-refractivity contribution in [3.8, 4) is 0 Å². The lowest BCUT2D eigenvalue weighted by atomic mass is 9.93. The minimum absolute atomic E-state index is 0.0116. The molecule has 2 nitrogen and oxygen atoms in total. The van der Waals surface area contributed by atoms with Crippen LogP contribution in [0.15, 0.2) is 24.3 Å². The molecule has 1 N–H and O–H groups in total. The molecule has 1 aromatic rings. The zero-order valence-corrected chi connectivity index (χ0v) is 12.7. The summed E-state index contributed by atoms with van der Waals surface area (Å²) in [5, 5.41) is 11.0. The van der Waals surface area contributed by atoms with Crippen molar-refractivity contribution < 1.29 is 9.90 Å². The molecule has 0 fully saturated rings. The van der Waals surface area contributed by atoms with Crippen molar-refractivity contribution in [1.82, 2.24) is 0 Å². The highest BCUT2D eigenvalue weighted by Crippen LogP contribution is 2.32. The summed E-state index contributed by atoms with van der Waals surface area (Å²) in [6.07, 6.45) is 0.0938. The average molecular weight is 287 g/mol. The molecular weight excluding hydrogens is 268 g/mol. The van der Waals surface area contributed by atoms with E-state index in [1.165, 1.54) is 11.8 Å². The van der Waals surface area contributed by atoms with E-state index in [-0.39, 0.29) is 16.3 Å². The third-order valence-corrected chi connectivity index (χ3v) is 3.61. The maximum Gasteiger partial charge on any atom is 0.192 e. The average Bonchev–Trinajstić information content (AvgIpc) is 2.13. The number of hydrogen-bond donors (Lipinski definition) is 1. The number of halogens is 1. The third-order valence-electron chi connectivity index (χ3n) is 2.37. The summed E-state index contributed by atoms with van der Waals surface area (Å²) in [6, 6.07) is 6.92. The number of carbonyl (C=O) groups is 1. The quantitative estimate of drug-likeness (QED) is 0.913. The Morgan fingerprint density at radius 1 is 1.22 bits per heavy atom. The van der Waals surface area contributed by atoms with Crippen molar-refractivity contribution in [2.45, 2.75) is 44.5 Å². The van der Waals surface area contributed by atoms with Crippen molar-refractivity contribution >= 4 is 28.5 Å². The Balaban J connectivity index is 2.75. The van der Waals surface area contributed by atoms with Gasteiger partial charge in [-0.05, 0) is 24.6 Å². The number of hydrogen-bond acceptors (Lipinski definition) is 3. The van der Waals surface area contributed by atoms with Crippen molar-refractivity contribution in [2.24, 2.45) is 0 Å². The number of carbonyl (C=O) groups excluding carboxylic acids is 1. The Labute approximate surface area is 118 Å². The van der Waals surface area contributed by atoms with E-state index in [0.29, 0.717) is 10.6 Å². The minimum Gasteiger partial charge on any atom is -0.385 e. The van der Waals surface area contributed by atoms with E-state index in [4.69, 9.17) is 11.6 Å². The lowest BCUT2D eigenvalue weighted by Gasteiger charge is -2.25. The topological polar surface area (TPSA) is 37.3 Å². The number of benzene rings is 1. The Morgan fingerprint density at radius 2 is 1.72 bits per heavy atom. The van der Waals surface area contributed by atoms with Crippen LogP contribution in [0.1, 0.15) is 39.7 Å². The summed E-state index contributed by atoms with van der Waals surface area (Å²) in [4.78, 5) is 11.9. The molecule has 0 aromatic heterocycles. The molecule has 0 aliphatic rings. The monoisotopic (exact) mass is 286 g/mol. The smallest absolute Gasteiger partial charge is 0.192 e. The van der Waals surface area contributed by atoms with E-state index in [2.05, 4.69) is 0 Å². The second-order valence-electron chi connectivity index (χ2n) is 5.54. The standard InChI is InChI=1S/C14H19ClO2S/c1-13(2,3)18-12(16)9-14(4,17)10-5-7-11(15)8-6-10/h5-8,17H,9H2,1-4H3/t14-/m1/s1. The van der Waals surface area contributed by atoms with E-state index in [0.717, 1.165) is 0 Å². The second kappa shape index (κ2) is 5.64. The van der Waals surface area contributed by atoms with Gasteiger partial charge in [0, 0.05) is 16.2 Å².